The Morgan fingerprint density at radius 2 is 1.20 bits per heavy atom. The highest BCUT2D eigenvalue weighted by Gasteiger charge is 2.10. The minimum Gasteiger partial charge on any atom is -0.491 e. The molecule has 0 fully saturated rings. The number of amides is 1. The van der Waals surface area contributed by atoms with Crippen LogP contribution in [-0.2, 0) is 17.8 Å². The highest BCUT2D eigenvalue weighted by Crippen LogP contribution is 2.26. The van der Waals surface area contributed by atoms with Gasteiger partial charge in [0.25, 0.3) is 0 Å². The molecule has 35 heavy (non-hydrogen) atoms. The molecular formula is C30H30N2O3. The number of nitrogens with one attached hydrogen (secondary N) is 2. The van der Waals surface area contributed by atoms with Crippen molar-refractivity contribution in [1.29, 1.82) is 0 Å². The van der Waals surface area contributed by atoms with E-state index >= 15 is 0 Å². The molecule has 0 atom stereocenters. The summed E-state index contributed by atoms with van der Waals surface area (Å²) in [5.41, 5.74) is 3.80. The van der Waals surface area contributed by atoms with Gasteiger partial charge in [0.1, 0.15) is 18.1 Å². The van der Waals surface area contributed by atoms with Gasteiger partial charge in [-0.2, -0.15) is 0 Å². The molecule has 0 unspecified atom stereocenters. The highest BCUT2D eigenvalue weighted by atomic mass is 16.5. The Morgan fingerprint density at radius 3 is 1.91 bits per heavy atom. The van der Waals surface area contributed by atoms with Crippen LogP contribution < -0.4 is 20.1 Å². The van der Waals surface area contributed by atoms with Crippen molar-refractivity contribution >= 4 is 17.3 Å². The second-order valence-corrected chi connectivity index (χ2v) is 8.11. The first-order valence-electron chi connectivity index (χ1n) is 11.8. The monoisotopic (exact) mass is 466 g/mol. The van der Waals surface area contributed by atoms with Gasteiger partial charge in [-0.15, -0.1) is 0 Å². The summed E-state index contributed by atoms with van der Waals surface area (Å²) < 4.78 is 11.9. The average Bonchev–Trinajstić information content (AvgIpc) is 2.91. The summed E-state index contributed by atoms with van der Waals surface area (Å²) in [6.07, 6.45) is 1.85. The minimum absolute atomic E-state index is 0.105. The number of benzene rings is 4. The summed E-state index contributed by atoms with van der Waals surface area (Å²) >= 11 is 0. The smallest absolute Gasteiger partial charge is 0.243 e. The largest absolute Gasteiger partial charge is 0.491 e. The molecule has 2 N–H and O–H groups in total. The van der Waals surface area contributed by atoms with Crippen molar-refractivity contribution in [2.75, 3.05) is 23.8 Å². The molecule has 0 spiro atoms. The third kappa shape index (κ3) is 7.64. The summed E-state index contributed by atoms with van der Waals surface area (Å²) in [4.78, 5) is 12.7. The van der Waals surface area contributed by atoms with Crippen molar-refractivity contribution in [1.82, 2.24) is 0 Å². The number of hydrogen-bond acceptors (Lipinski definition) is 4. The first-order valence-corrected chi connectivity index (χ1v) is 11.8. The Bertz CT molecular complexity index is 1200. The third-order valence-electron chi connectivity index (χ3n) is 5.43. The van der Waals surface area contributed by atoms with Crippen LogP contribution in [0.2, 0.25) is 0 Å². The van der Waals surface area contributed by atoms with Crippen molar-refractivity contribution in [3.8, 4) is 11.5 Å². The fourth-order valence-electron chi connectivity index (χ4n) is 3.64. The summed E-state index contributed by atoms with van der Waals surface area (Å²) in [5, 5.41) is 6.13. The Kier molecular flexibility index (Phi) is 8.77. The van der Waals surface area contributed by atoms with Crippen LogP contribution in [0.1, 0.15) is 17.5 Å². The molecule has 4 aromatic carbocycles. The van der Waals surface area contributed by atoms with Gasteiger partial charge in [0.05, 0.1) is 24.5 Å². The standard InChI is InChI=1S/C30H30N2O3/c33-30(22-31-26-17-7-9-19-28(26)35-23-25-14-5-2-6-15-25)32-27-18-8-10-20-29(27)34-21-11-16-24-12-3-1-4-13-24/h1-10,12-15,17-20,31H,11,16,21-23H2,(H,32,33). The van der Waals surface area contributed by atoms with E-state index in [2.05, 4.69) is 22.8 Å². The maximum Gasteiger partial charge on any atom is 0.243 e. The van der Waals surface area contributed by atoms with Crippen LogP contribution in [0.25, 0.3) is 0 Å². The lowest BCUT2D eigenvalue weighted by Gasteiger charge is -2.15. The van der Waals surface area contributed by atoms with Gasteiger partial charge in [0.15, 0.2) is 0 Å². The van der Waals surface area contributed by atoms with Crippen LogP contribution in [0.5, 0.6) is 11.5 Å². The average molecular weight is 467 g/mol. The Hall–Kier alpha value is -4.25. The van der Waals surface area contributed by atoms with E-state index in [0.717, 1.165) is 24.1 Å². The number of rotatable bonds is 12. The van der Waals surface area contributed by atoms with E-state index in [1.54, 1.807) is 0 Å². The van der Waals surface area contributed by atoms with E-state index in [-0.39, 0.29) is 12.5 Å². The van der Waals surface area contributed by atoms with Crippen molar-refractivity contribution < 1.29 is 14.3 Å². The van der Waals surface area contributed by atoms with Crippen molar-refractivity contribution in [3.05, 3.63) is 120 Å². The second-order valence-electron chi connectivity index (χ2n) is 8.11. The SMILES string of the molecule is O=C(CNc1ccccc1OCc1ccccc1)Nc1ccccc1OCCCc1ccccc1. The van der Waals surface area contributed by atoms with Crippen LogP contribution in [-0.4, -0.2) is 19.1 Å². The summed E-state index contributed by atoms with van der Waals surface area (Å²) in [7, 11) is 0. The second kappa shape index (κ2) is 12.8. The number of hydrogen-bond donors (Lipinski definition) is 2. The lowest BCUT2D eigenvalue weighted by atomic mass is 10.1. The molecule has 0 saturated carbocycles. The molecule has 0 aliphatic heterocycles. The maximum atomic E-state index is 12.7. The van der Waals surface area contributed by atoms with Gasteiger partial charge >= 0.3 is 0 Å². The lowest BCUT2D eigenvalue weighted by Crippen LogP contribution is -2.22. The molecule has 1 amide bonds. The lowest BCUT2D eigenvalue weighted by molar-refractivity contribution is -0.114. The molecule has 5 nitrogen and oxygen atoms in total. The van der Waals surface area contributed by atoms with Gasteiger partial charge in [0, 0.05) is 0 Å². The number of ether oxygens (including phenoxy) is 2. The van der Waals surface area contributed by atoms with Crippen LogP contribution in [0.3, 0.4) is 0 Å². The van der Waals surface area contributed by atoms with Crippen molar-refractivity contribution in [2.45, 2.75) is 19.4 Å². The van der Waals surface area contributed by atoms with Crippen LogP contribution in [0.15, 0.2) is 109 Å². The zero-order chi connectivity index (χ0) is 24.1. The third-order valence-corrected chi connectivity index (χ3v) is 5.43. The number of aryl methyl sites for hydroxylation is 1. The Labute approximate surface area is 206 Å². The predicted octanol–water partition coefficient (Wildman–Crippen LogP) is 6.33. The molecule has 0 radical (unpaired) electrons. The molecule has 4 aromatic rings. The quantitative estimate of drug-likeness (QED) is 0.240. The van der Waals surface area contributed by atoms with E-state index < -0.39 is 0 Å². The van der Waals surface area contributed by atoms with Crippen molar-refractivity contribution in [3.63, 3.8) is 0 Å². The molecule has 0 heterocycles. The van der Waals surface area contributed by atoms with Gasteiger partial charge in [-0.3, -0.25) is 4.79 Å². The first kappa shape index (κ1) is 23.9. The predicted molar refractivity (Wildman–Crippen MR) is 141 cm³/mol. The summed E-state index contributed by atoms with van der Waals surface area (Å²) in [5.74, 6) is 1.20. The van der Waals surface area contributed by atoms with E-state index in [4.69, 9.17) is 9.47 Å². The molecule has 0 bridgehead atoms. The molecule has 0 saturated heterocycles. The maximum absolute atomic E-state index is 12.7. The van der Waals surface area contributed by atoms with Crippen LogP contribution in [0.4, 0.5) is 11.4 Å². The number of carbonyl (C=O) groups is 1. The van der Waals surface area contributed by atoms with Gasteiger partial charge in [-0.25, -0.2) is 0 Å². The number of carbonyl (C=O) groups excluding carboxylic acids is 1. The van der Waals surface area contributed by atoms with E-state index in [1.165, 1.54) is 5.56 Å². The zero-order valence-corrected chi connectivity index (χ0v) is 19.7. The molecule has 0 aliphatic rings. The fraction of sp³-hybridized carbons (Fsp3) is 0.167. The topological polar surface area (TPSA) is 59.6 Å². The van der Waals surface area contributed by atoms with E-state index in [1.807, 2.05) is 97.1 Å². The normalized spacial score (nSPS) is 10.4. The number of para-hydroxylation sites is 4. The van der Waals surface area contributed by atoms with Gasteiger partial charge < -0.3 is 20.1 Å². The van der Waals surface area contributed by atoms with E-state index in [0.29, 0.717) is 30.4 Å². The molecule has 0 aromatic heterocycles. The van der Waals surface area contributed by atoms with Gasteiger partial charge in [0.2, 0.25) is 5.91 Å². The summed E-state index contributed by atoms with van der Waals surface area (Å²) in [6.45, 7) is 1.14. The first-order chi connectivity index (χ1) is 17.3. The Balaban J connectivity index is 1.27. The summed E-state index contributed by atoms with van der Waals surface area (Å²) in [6, 6.07) is 35.4. The van der Waals surface area contributed by atoms with Crippen LogP contribution >= 0.6 is 0 Å². The molecular weight excluding hydrogens is 436 g/mol. The fourth-order valence-corrected chi connectivity index (χ4v) is 3.64. The molecule has 178 valence electrons. The zero-order valence-electron chi connectivity index (χ0n) is 19.7. The Morgan fingerprint density at radius 1 is 0.629 bits per heavy atom. The molecule has 5 heteroatoms. The molecule has 4 rings (SSSR count). The minimum atomic E-state index is -0.164. The van der Waals surface area contributed by atoms with Gasteiger partial charge in [-0.1, -0.05) is 84.9 Å². The van der Waals surface area contributed by atoms with Crippen molar-refractivity contribution in [2.24, 2.45) is 0 Å². The van der Waals surface area contributed by atoms with Gasteiger partial charge in [-0.05, 0) is 48.2 Å². The van der Waals surface area contributed by atoms with E-state index in [9.17, 15) is 4.79 Å². The highest BCUT2D eigenvalue weighted by molar-refractivity contribution is 5.95. The van der Waals surface area contributed by atoms with Crippen LogP contribution in [0, 0.1) is 0 Å². The number of anilines is 2. The molecule has 0 aliphatic carbocycles.